The van der Waals surface area contributed by atoms with Gasteiger partial charge in [-0.3, -0.25) is 72.3 Å². The summed E-state index contributed by atoms with van der Waals surface area (Å²) in [6, 6.07) is 2.76. The molecule has 784 valence electrons. The highest BCUT2D eigenvalue weighted by Gasteiger charge is 2.63. The smallest absolute Gasteiger partial charge is 0.411 e. The summed E-state index contributed by atoms with van der Waals surface area (Å²) in [6.07, 6.45) is 24.2. The van der Waals surface area contributed by atoms with E-state index in [1.54, 1.807) is 112 Å². The third kappa shape index (κ3) is 27.8. The van der Waals surface area contributed by atoms with Crippen molar-refractivity contribution < 1.29 is 101 Å². The lowest BCUT2D eigenvalue weighted by atomic mass is 9.94. The Balaban J connectivity index is 0.000000175. The number of likely N-dealkylation sites (tertiary alicyclic amines) is 8. The number of carbonyl (C=O) groups is 16. The van der Waals surface area contributed by atoms with E-state index in [1.807, 2.05) is 6.07 Å². The number of carbonyl (C=O) groups excluding carboxylic acids is 15. The fourth-order valence-electron chi connectivity index (χ4n) is 23.0. The molecule has 39 heteroatoms. The van der Waals surface area contributed by atoms with Crippen molar-refractivity contribution in [3.63, 3.8) is 0 Å². The first-order valence-electron chi connectivity index (χ1n) is 52.1. The van der Waals surface area contributed by atoms with E-state index in [9.17, 15) is 97.6 Å². The third-order valence-corrected chi connectivity index (χ3v) is 31.0. The SMILES string of the molecule is CC(C)(C)OC(=O)N1CCCC12CCN(C(CC1CC1)C(=O)O)C2=O.CC(C)(C)OC(=O)N1CCCC12CCN([C@H](CC1CC1)C(=O)N[C@H](C#N)C[C@@H]1CCCC1=O)C2=O.CC(C)(C)OC(=O)N1CCC[C@@]12CCN([C@@H](CC1CC1)C(=O)N[C@H](C#N)C[C@@H]1CCCC1=O)C2=O.CC(C)(C)OC(=O)N1CCC[C@]12CCN([C@@H](CC1CC1)C(=O)N[C@H](C#N)C[C@@H]1CCCC1=O)C2=O.Cl.N#C[C@@H](N)C[C@@H]1CCNC1=O. The normalized spacial score (nSPS) is 27.9. The second-order valence-electron chi connectivity index (χ2n) is 46.4. The predicted octanol–water partition coefficient (Wildman–Crippen LogP) is 10.8. The Bertz CT molecular complexity index is 4500. The van der Waals surface area contributed by atoms with E-state index in [1.165, 1.54) is 9.80 Å². The van der Waals surface area contributed by atoms with Crippen molar-refractivity contribution in [2.75, 3.05) is 58.9 Å². The van der Waals surface area contributed by atoms with E-state index in [0.29, 0.717) is 217 Å². The number of nitrogens with zero attached hydrogens (tertiary/aromatic N) is 12. The zero-order valence-electron chi connectivity index (χ0n) is 85.4. The van der Waals surface area contributed by atoms with Crippen LogP contribution in [0.4, 0.5) is 19.2 Å². The van der Waals surface area contributed by atoms with Crippen molar-refractivity contribution in [3.05, 3.63) is 0 Å². The fraction of sp³-hybridized carbons (Fsp3) is 0.806. The summed E-state index contributed by atoms with van der Waals surface area (Å²) < 4.78 is 22.2. The van der Waals surface area contributed by atoms with Crippen LogP contribution in [0.25, 0.3) is 0 Å². The third-order valence-electron chi connectivity index (χ3n) is 31.0. The maximum Gasteiger partial charge on any atom is 0.411 e. The average Bonchev–Trinajstić information content (AvgIpc) is 1.61. The van der Waals surface area contributed by atoms with Gasteiger partial charge in [-0.2, -0.15) is 21.0 Å². The van der Waals surface area contributed by atoms with Crippen molar-refractivity contribution in [2.24, 2.45) is 53.1 Å². The van der Waals surface area contributed by atoms with E-state index in [4.69, 9.17) is 29.9 Å². The molecular weight excluding hydrogens is 1850 g/mol. The van der Waals surface area contributed by atoms with Gasteiger partial charge in [-0.1, -0.05) is 51.4 Å². The second kappa shape index (κ2) is 46.7. The second-order valence-corrected chi connectivity index (χ2v) is 46.4. The van der Waals surface area contributed by atoms with Gasteiger partial charge < -0.3 is 70.7 Å². The maximum absolute atomic E-state index is 13.8. The fourth-order valence-corrected chi connectivity index (χ4v) is 23.0. The quantitative estimate of drug-likeness (QED) is 0.0416. The molecule has 0 aromatic heterocycles. The number of aliphatic carboxylic acids is 1. The van der Waals surface area contributed by atoms with Gasteiger partial charge in [0.25, 0.3) is 0 Å². The maximum atomic E-state index is 13.8. The van der Waals surface area contributed by atoms with E-state index < -0.39 is 123 Å². The van der Waals surface area contributed by atoms with Crippen molar-refractivity contribution in [3.8, 4) is 24.3 Å². The van der Waals surface area contributed by atoms with Crippen LogP contribution in [0, 0.1) is 92.7 Å². The van der Waals surface area contributed by atoms with Gasteiger partial charge in [-0.15, -0.1) is 12.4 Å². The molecule has 12 amide bonds. The zero-order valence-corrected chi connectivity index (χ0v) is 86.3. The molecule has 0 aromatic carbocycles. The summed E-state index contributed by atoms with van der Waals surface area (Å²) in [5.41, 5.74) is -1.05. The molecule has 7 saturated carbocycles. The number of halogens is 1. The molecule has 7 N–H and O–H groups in total. The Hall–Kier alpha value is -10.5. The van der Waals surface area contributed by atoms with E-state index in [0.717, 1.165) is 109 Å². The number of ether oxygens (including phenoxy) is 4. The molecule has 16 fully saturated rings. The van der Waals surface area contributed by atoms with Crippen LogP contribution >= 0.6 is 12.4 Å². The number of nitrogens with two attached hydrogens (primary N) is 1. The van der Waals surface area contributed by atoms with Crippen LogP contribution in [0.1, 0.15) is 327 Å². The summed E-state index contributed by atoms with van der Waals surface area (Å²) in [6.45, 7) is 25.8. The zero-order chi connectivity index (χ0) is 103. The minimum atomic E-state index is -0.963. The number of amides is 12. The van der Waals surface area contributed by atoms with Crippen molar-refractivity contribution in [1.29, 1.82) is 21.0 Å². The molecule has 0 radical (unpaired) electrons. The number of ketones is 3. The van der Waals surface area contributed by atoms with Crippen molar-refractivity contribution in [1.82, 2.24) is 60.5 Å². The van der Waals surface area contributed by atoms with E-state index >= 15 is 0 Å². The number of nitriles is 4. The van der Waals surface area contributed by atoms with Crippen LogP contribution in [0.15, 0.2) is 0 Å². The number of Topliss-reactive ketones (excluding diaryl/α,β-unsaturated/α-hetero) is 3. The molecule has 16 atom stereocenters. The topological polar surface area (TPSA) is 525 Å². The van der Waals surface area contributed by atoms with E-state index in [-0.39, 0.29) is 101 Å². The summed E-state index contributed by atoms with van der Waals surface area (Å²) in [5, 5.41) is 58.1. The monoisotopic (exact) mass is 2000 g/mol. The molecule has 142 heavy (non-hydrogen) atoms. The summed E-state index contributed by atoms with van der Waals surface area (Å²) in [5.74, 6) is -1.23. The first-order valence-corrected chi connectivity index (χ1v) is 52.1. The molecule has 3 unspecified atom stereocenters. The van der Waals surface area contributed by atoms with Crippen molar-refractivity contribution >= 4 is 107 Å². The highest BCUT2D eigenvalue weighted by molar-refractivity contribution is 6.00. The van der Waals surface area contributed by atoms with Crippen LogP contribution in [-0.4, -0.2) is 291 Å². The summed E-state index contributed by atoms with van der Waals surface area (Å²) >= 11 is 0. The van der Waals surface area contributed by atoms with Crippen molar-refractivity contribution in [2.45, 2.75) is 420 Å². The molecule has 16 rings (SSSR count). The van der Waals surface area contributed by atoms with Gasteiger partial charge in [0.2, 0.25) is 47.3 Å². The minimum Gasteiger partial charge on any atom is -0.480 e. The Kier molecular flexibility index (Phi) is 36.8. The highest BCUT2D eigenvalue weighted by atomic mass is 35.5. The first-order chi connectivity index (χ1) is 66.5. The van der Waals surface area contributed by atoms with Crippen LogP contribution in [0.2, 0.25) is 0 Å². The molecule has 9 heterocycles. The summed E-state index contributed by atoms with van der Waals surface area (Å²) in [7, 11) is 0. The van der Waals surface area contributed by atoms with Gasteiger partial charge in [0.1, 0.15) is 104 Å². The van der Waals surface area contributed by atoms with Crippen LogP contribution in [0.3, 0.4) is 0 Å². The van der Waals surface area contributed by atoms with Crippen LogP contribution in [0.5, 0.6) is 0 Å². The Labute approximate surface area is 841 Å². The van der Waals surface area contributed by atoms with E-state index in [2.05, 4.69) is 39.5 Å². The lowest BCUT2D eigenvalue weighted by molar-refractivity contribution is -0.151. The van der Waals surface area contributed by atoms with Gasteiger partial charge in [-0.05, 0) is 280 Å². The minimum absolute atomic E-state index is 0. The lowest BCUT2D eigenvalue weighted by Crippen LogP contribution is -2.57. The average molecular weight is 2000 g/mol. The Morgan fingerprint density at radius 1 is 0.359 bits per heavy atom. The van der Waals surface area contributed by atoms with Gasteiger partial charge in [0.05, 0.1) is 30.3 Å². The number of hydrogen-bond donors (Lipinski definition) is 6. The Morgan fingerprint density at radius 3 is 0.817 bits per heavy atom. The molecule has 9 saturated heterocycles. The van der Waals surface area contributed by atoms with Crippen LogP contribution < -0.4 is 27.0 Å². The number of nitrogens with one attached hydrogen (secondary N) is 4. The number of rotatable bonds is 27. The first kappa shape index (κ1) is 112. The summed E-state index contributed by atoms with van der Waals surface area (Å²) in [4.78, 5) is 218. The largest absolute Gasteiger partial charge is 0.480 e. The highest BCUT2D eigenvalue weighted by Crippen LogP contribution is 2.49. The number of carboxylic acids is 1. The van der Waals surface area contributed by atoms with Gasteiger partial charge in [-0.25, -0.2) is 24.0 Å². The lowest BCUT2D eigenvalue weighted by Gasteiger charge is -2.36. The molecule has 0 bridgehead atoms. The van der Waals surface area contributed by atoms with Gasteiger partial charge >= 0.3 is 30.3 Å². The molecule has 0 aromatic rings. The number of hydrogen-bond acceptors (Lipinski definition) is 25. The standard InChI is InChI=1S/3C26H38N4O5.C18H28N2O5.C7H11N3O.ClH/c3*1-25(2,3)35-24(34)30-12-5-10-26(30)11-13-29(23(26)33)20(14-17-8-9-17)22(32)28-19(16-27)15-18-6-4-7-21(18)31;1-17(2,3)25-16(24)20-9-4-7-18(20)8-10-19(15(18)23)13(14(21)22)11-12-5-6-12;8-4-6(9)3-5-1-2-10-7(5)11;/h3*17-20H,4-15H2,1-3H3,(H,28,32);12-13H,4-11H2,1-3H3,(H,21,22);5-6H,1-3,9H2,(H,10,11);1H/t18-,19-,20+,26?;18-,19-,20-,26+;18-,19-,20-,26-;;5-,6-;/m000.0./s1. The molecule has 9 aliphatic heterocycles. The van der Waals surface area contributed by atoms with Crippen LogP contribution in [-0.2, 0) is 76.5 Å². The number of carboxylic acid groups (broad SMARTS) is 1. The van der Waals surface area contributed by atoms with Gasteiger partial charge in [0, 0.05) is 102 Å². The van der Waals surface area contributed by atoms with Gasteiger partial charge in [0.15, 0.2) is 0 Å². The molecule has 38 nitrogen and oxygen atoms in total. The molecule has 16 aliphatic rings. The molecular formula is C103H154ClN17O21. The Morgan fingerprint density at radius 2 is 0.613 bits per heavy atom. The molecule has 7 aliphatic carbocycles. The predicted molar refractivity (Wildman–Crippen MR) is 517 cm³/mol. The molecule has 4 spiro atoms.